The second-order valence-corrected chi connectivity index (χ2v) is 9.73. The molecule has 0 fully saturated rings. The fourth-order valence-electron chi connectivity index (χ4n) is 2.28. The lowest BCUT2D eigenvalue weighted by Crippen LogP contribution is -2.33. The topological polar surface area (TPSA) is 210 Å². The fraction of sp³-hybridized carbons (Fsp3) is 0.591. The van der Waals surface area contributed by atoms with Crippen molar-refractivity contribution in [2.45, 2.75) is 25.9 Å². The monoisotopic (exact) mass is 599 g/mol. The van der Waals surface area contributed by atoms with E-state index in [0.29, 0.717) is 0 Å². The zero-order chi connectivity index (χ0) is 29.7. The molecule has 0 radical (unpaired) electrons. The van der Waals surface area contributed by atoms with Crippen molar-refractivity contribution in [2.24, 2.45) is 5.92 Å². The van der Waals surface area contributed by atoms with E-state index in [1.165, 1.54) is 11.8 Å². The van der Waals surface area contributed by atoms with E-state index in [4.69, 9.17) is 33.5 Å². The summed E-state index contributed by atoms with van der Waals surface area (Å²) in [5.41, 5.74) is 0. The molecule has 0 aromatic heterocycles. The van der Waals surface area contributed by atoms with Crippen LogP contribution in [-0.4, -0.2) is 96.9 Å². The zero-order valence-corrected chi connectivity index (χ0v) is 23.2. The number of hydrogen-bond donors (Lipinski definition) is 3. The molecule has 0 aliphatic rings. The van der Waals surface area contributed by atoms with Crippen LogP contribution in [0.4, 0.5) is 4.79 Å². The highest BCUT2D eigenvalue weighted by Gasteiger charge is 2.21. The molecule has 0 bridgehead atoms. The maximum atomic E-state index is 12.2. The lowest BCUT2D eigenvalue weighted by Gasteiger charge is -2.19. The summed E-state index contributed by atoms with van der Waals surface area (Å²) >= 11 is 1.20. The van der Waals surface area contributed by atoms with Crippen molar-refractivity contribution in [1.82, 2.24) is 5.32 Å². The molecule has 2 atom stereocenters. The quantitative estimate of drug-likeness (QED) is 0.0550. The summed E-state index contributed by atoms with van der Waals surface area (Å²) in [4.78, 5) is 75.3. The standard InChI is InChI=1S/C22H34NO14PS/c1-4-18(24)32-9-6-7-20(26)37-17(13-35-22(28)23-8-10-33-19(25)5-2)15-39-14-16(3)21(27)34-11-12-36-38(29,30)31/h4-5,16-17H,1-2,6-15H2,3H3,(H,23,28)(H2,29,30,31). The SMILES string of the molecule is C=CC(=O)OCCCC(=O)OC(COC(=O)NCCOC(=O)C=C)CSCC(C)C(=O)OCCOP(=O)(O)O. The van der Waals surface area contributed by atoms with Gasteiger partial charge in [0.25, 0.3) is 0 Å². The Kier molecular flexibility index (Phi) is 19.4. The van der Waals surface area contributed by atoms with E-state index in [9.17, 15) is 28.5 Å². The summed E-state index contributed by atoms with van der Waals surface area (Å²) < 4.78 is 39.6. The maximum absolute atomic E-state index is 12.2. The molecule has 0 aromatic carbocycles. The fourth-order valence-corrected chi connectivity index (χ4v) is 3.64. The average Bonchev–Trinajstić information content (AvgIpc) is 2.88. The third-order valence-electron chi connectivity index (χ3n) is 4.08. The van der Waals surface area contributed by atoms with Crippen LogP contribution in [0.5, 0.6) is 0 Å². The van der Waals surface area contributed by atoms with Gasteiger partial charge in [-0.25, -0.2) is 18.9 Å². The Balaban J connectivity index is 4.64. The number of hydrogen-bond acceptors (Lipinski definition) is 13. The number of esters is 4. The minimum absolute atomic E-state index is 0.0203. The zero-order valence-electron chi connectivity index (χ0n) is 21.4. The molecule has 0 spiro atoms. The van der Waals surface area contributed by atoms with Gasteiger partial charge in [-0.1, -0.05) is 20.1 Å². The number of alkyl carbamates (subject to hydrolysis) is 1. The molecule has 0 aromatic rings. The van der Waals surface area contributed by atoms with Gasteiger partial charge in [-0.2, -0.15) is 11.8 Å². The first-order valence-corrected chi connectivity index (χ1v) is 14.2. The minimum Gasteiger partial charge on any atom is -0.463 e. The summed E-state index contributed by atoms with van der Waals surface area (Å²) in [6, 6.07) is 0. The summed E-state index contributed by atoms with van der Waals surface area (Å²) in [6.45, 7) is 6.76. The molecular formula is C22H34NO14PS. The van der Waals surface area contributed by atoms with Crippen LogP contribution >= 0.6 is 19.6 Å². The first-order valence-electron chi connectivity index (χ1n) is 11.5. The number of nitrogens with one attached hydrogen (secondary N) is 1. The molecule has 3 N–H and O–H groups in total. The van der Waals surface area contributed by atoms with Crippen molar-refractivity contribution in [3.63, 3.8) is 0 Å². The number of rotatable bonds is 21. The van der Waals surface area contributed by atoms with Crippen molar-refractivity contribution >= 4 is 49.6 Å². The van der Waals surface area contributed by atoms with Gasteiger partial charge in [0.1, 0.15) is 25.9 Å². The van der Waals surface area contributed by atoms with Gasteiger partial charge in [0.15, 0.2) is 0 Å². The van der Waals surface area contributed by atoms with E-state index in [-0.39, 0.29) is 57.3 Å². The van der Waals surface area contributed by atoms with Crippen LogP contribution in [0.15, 0.2) is 25.3 Å². The minimum atomic E-state index is -4.66. The number of phosphoric acid groups is 1. The lowest BCUT2D eigenvalue weighted by atomic mass is 10.2. The van der Waals surface area contributed by atoms with Crippen molar-refractivity contribution in [3.8, 4) is 0 Å². The third-order valence-corrected chi connectivity index (χ3v) is 5.94. The van der Waals surface area contributed by atoms with Gasteiger partial charge in [-0.05, 0) is 6.42 Å². The Morgan fingerprint density at radius 2 is 1.56 bits per heavy atom. The van der Waals surface area contributed by atoms with Crippen LogP contribution in [0.3, 0.4) is 0 Å². The molecule has 17 heteroatoms. The second-order valence-electron chi connectivity index (χ2n) is 7.41. The highest BCUT2D eigenvalue weighted by atomic mass is 32.2. The number of amides is 1. The molecule has 0 aliphatic carbocycles. The molecule has 2 unspecified atom stereocenters. The first-order chi connectivity index (χ1) is 18.4. The van der Waals surface area contributed by atoms with E-state index in [0.717, 1.165) is 12.2 Å². The average molecular weight is 600 g/mol. The van der Waals surface area contributed by atoms with Gasteiger partial charge < -0.3 is 38.8 Å². The summed E-state index contributed by atoms with van der Waals surface area (Å²) in [5.74, 6) is -2.80. The van der Waals surface area contributed by atoms with Crippen LogP contribution in [0.25, 0.3) is 0 Å². The summed E-state index contributed by atoms with van der Waals surface area (Å²) in [6.07, 6.45) is 0.345. The van der Waals surface area contributed by atoms with Crippen LogP contribution in [0.1, 0.15) is 19.8 Å². The van der Waals surface area contributed by atoms with Gasteiger partial charge in [0.2, 0.25) is 0 Å². The molecule has 0 aliphatic heterocycles. The second kappa shape index (κ2) is 21.0. The van der Waals surface area contributed by atoms with Gasteiger partial charge >= 0.3 is 37.8 Å². The first kappa shape index (κ1) is 36.1. The number of ether oxygens (including phenoxy) is 5. The number of phosphoric ester groups is 1. The molecule has 0 saturated carbocycles. The highest BCUT2D eigenvalue weighted by Crippen LogP contribution is 2.35. The van der Waals surface area contributed by atoms with Crippen LogP contribution in [0, 0.1) is 5.92 Å². The predicted octanol–water partition coefficient (Wildman–Crippen LogP) is 0.885. The number of carbonyl (C=O) groups is 5. The lowest BCUT2D eigenvalue weighted by molar-refractivity contribution is -0.151. The van der Waals surface area contributed by atoms with E-state index in [2.05, 4.69) is 23.0 Å². The summed E-state index contributed by atoms with van der Waals surface area (Å²) in [7, 11) is -4.66. The van der Waals surface area contributed by atoms with Crippen LogP contribution in [0.2, 0.25) is 0 Å². The molecule has 0 heterocycles. The van der Waals surface area contributed by atoms with Crippen LogP contribution in [-0.2, 0) is 52.0 Å². The molecule has 222 valence electrons. The highest BCUT2D eigenvalue weighted by molar-refractivity contribution is 7.99. The Hall–Kier alpha value is -2.91. The molecule has 1 amide bonds. The molecule has 15 nitrogen and oxygen atoms in total. The Morgan fingerprint density at radius 3 is 2.18 bits per heavy atom. The van der Waals surface area contributed by atoms with Gasteiger partial charge in [0, 0.05) is 30.1 Å². The predicted molar refractivity (Wildman–Crippen MR) is 136 cm³/mol. The number of carbonyl (C=O) groups excluding carboxylic acids is 5. The smallest absolute Gasteiger partial charge is 0.463 e. The summed E-state index contributed by atoms with van der Waals surface area (Å²) in [5, 5.41) is 2.35. The molecule has 39 heavy (non-hydrogen) atoms. The van der Waals surface area contributed by atoms with E-state index in [1.807, 2.05) is 0 Å². The van der Waals surface area contributed by atoms with Crippen molar-refractivity contribution in [1.29, 1.82) is 0 Å². The molecule has 0 rings (SSSR count). The molecule has 0 saturated heterocycles. The Labute approximate surface area is 229 Å². The van der Waals surface area contributed by atoms with E-state index < -0.39 is 56.4 Å². The van der Waals surface area contributed by atoms with Gasteiger partial charge in [-0.3, -0.25) is 14.1 Å². The third kappa shape index (κ3) is 21.7. The Morgan fingerprint density at radius 1 is 0.923 bits per heavy atom. The van der Waals surface area contributed by atoms with E-state index >= 15 is 0 Å². The van der Waals surface area contributed by atoms with Crippen LogP contribution < -0.4 is 5.32 Å². The van der Waals surface area contributed by atoms with E-state index in [1.54, 1.807) is 6.92 Å². The normalized spacial score (nSPS) is 12.3. The van der Waals surface area contributed by atoms with Gasteiger partial charge in [0.05, 0.1) is 25.7 Å². The van der Waals surface area contributed by atoms with Crippen molar-refractivity contribution in [2.75, 3.05) is 51.1 Å². The molecular weight excluding hydrogens is 565 g/mol. The Bertz CT molecular complexity index is 877. The van der Waals surface area contributed by atoms with Crippen molar-refractivity contribution < 1.29 is 66.5 Å². The maximum Gasteiger partial charge on any atom is 0.469 e. The number of thioether (sulfide) groups is 1. The van der Waals surface area contributed by atoms with Gasteiger partial charge in [-0.15, -0.1) is 0 Å². The largest absolute Gasteiger partial charge is 0.469 e. The van der Waals surface area contributed by atoms with Crippen molar-refractivity contribution in [3.05, 3.63) is 25.3 Å².